The van der Waals surface area contributed by atoms with E-state index in [0.717, 1.165) is 40.7 Å². The number of anilines is 2. The van der Waals surface area contributed by atoms with Crippen molar-refractivity contribution in [3.05, 3.63) is 61.9 Å². The molecule has 5 nitrogen and oxygen atoms in total. The van der Waals surface area contributed by atoms with Crippen LogP contribution in [0, 0.1) is 17.4 Å². The van der Waals surface area contributed by atoms with Crippen molar-refractivity contribution in [3.8, 4) is 0 Å². The maximum Gasteiger partial charge on any atom is 0.272 e. The van der Waals surface area contributed by atoms with E-state index in [2.05, 4.69) is 38.2 Å². The van der Waals surface area contributed by atoms with Crippen LogP contribution in [0.3, 0.4) is 0 Å². The molecule has 1 aromatic carbocycles. The highest BCUT2D eigenvalue weighted by molar-refractivity contribution is 14.1. The minimum atomic E-state index is -0.0924. The summed E-state index contributed by atoms with van der Waals surface area (Å²) >= 11 is 4.00. The first kappa shape index (κ1) is 20.4. The van der Waals surface area contributed by atoms with Gasteiger partial charge in [-0.3, -0.25) is 4.79 Å². The minimum Gasteiger partial charge on any atom is -0.348 e. The number of nitrogens with zero attached hydrogens (tertiary/aromatic N) is 3. The average Bonchev–Trinajstić information content (AvgIpc) is 3.32. The zero-order valence-corrected chi connectivity index (χ0v) is 19.7. The first-order valence-electron chi connectivity index (χ1n) is 9.93. The SMILES string of the molecule is Cc1cc(C(=O)Nc2ccc(I)c(C)c2)n(Cc2csc(N3CCCCC3)n2)c1. The number of hydrogen-bond acceptors (Lipinski definition) is 4. The lowest BCUT2D eigenvalue weighted by Crippen LogP contribution is -2.29. The zero-order valence-electron chi connectivity index (χ0n) is 16.7. The number of thiazole rings is 1. The van der Waals surface area contributed by atoms with Gasteiger partial charge in [0.15, 0.2) is 5.13 Å². The topological polar surface area (TPSA) is 50.2 Å². The number of amides is 1. The molecule has 0 aliphatic carbocycles. The molecule has 0 saturated carbocycles. The van der Waals surface area contributed by atoms with Gasteiger partial charge in [0.25, 0.3) is 5.91 Å². The molecule has 1 aliphatic rings. The standard InChI is InChI=1S/C22H25IN4OS/c1-15-10-20(21(28)24-17-6-7-19(23)16(2)11-17)27(12-15)13-18-14-29-22(25-18)26-8-4-3-5-9-26/h6-7,10-12,14H,3-5,8-9,13H2,1-2H3,(H,24,28). The number of aromatic nitrogens is 2. The second-order valence-electron chi connectivity index (χ2n) is 7.62. The Morgan fingerprint density at radius 1 is 1.21 bits per heavy atom. The molecule has 1 amide bonds. The Labute approximate surface area is 189 Å². The van der Waals surface area contributed by atoms with Gasteiger partial charge in [-0.2, -0.15) is 0 Å². The van der Waals surface area contributed by atoms with Crippen molar-refractivity contribution in [1.29, 1.82) is 0 Å². The zero-order chi connectivity index (χ0) is 20.4. The molecule has 0 bridgehead atoms. The molecule has 3 aromatic rings. The molecule has 4 rings (SSSR count). The summed E-state index contributed by atoms with van der Waals surface area (Å²) in [4.78, 5) is 20.1. The number of nitrogens with one attached hydrogen (secondary N) is 1. The third-order valence-corrected chi connectivity index (χ3v) is 7.34. The number of piperidine rings is 1. The summed E-state index contributed by atoms with van der Waals surface area (Å²) in [6.45, 7) is 6.86. The van der Waals surface area contributed by atoms with E-state index in [1.54, 1.807) is 11.3 Å². The van der Waals surface area contributed by atoms with Crippen LogP contribution in [0.4, 0.5) is 10.8 Å². The fraction of sp³-hybridized carbons (Fsp3) is 0.364. The van der Waals surface area contributed by atoms with E-state index in [0.29, 0.717) is 12.2 Å². The lowest BCUT2D eigenvalue weighted by molar-refractivity contribution is 0.101. The first-order chi connectivity index (χ1) is 14.0. The molecule has 0 radical (unpaired) electrons. The lowest BCUT2D eigenvalue weighted by Gasteiger charge is -2.25. The highest BCUT2D eigenvalue weighted by atomic mass is 127. The summed E-state index contributed by atoms with van der Waals surface area (Å²) in [5, 5.41) is 6.25. The van der Waals surface area contributed by atoms with E-state index in [1.807, 2.05) is 48.9 Å². The van der Waals surface area contributed by atoms with Crippen LogP contribution in [0.25, 0.3) is 0 Å². The van der Waals surface area contributed by atoms with Crippen LogP contribution in [-0.4, -0.2) is 28.5 Å². The number of rotatable bonds is 5. The van der Waals surface area contributed by atoms with Crippen LogP contribution in [-0.2, 0) is 6.54 Å². The normalized spacial score (nSPS) is 14.2. The molecule has 152 valence electrons. The second kappa shape index (κ2) is 8.87. The van der Waals surface area contributed by atoms with Crippen molar-refractivity contribution in [2.75, 3.05) is 23.3 Å². The Hall–Kier alpha value is -1.87. The van der Waals surface area contributed by atoms with Gasteiger partial charge < -0.3 is 14.8 Å². The van der Waals surface area contributed by atoms with Crippen molar-refractivity contribution in [1.82, 2.24) is 9.55 Å². The van der Waals surface area contributed by atoms with Crippen molar-refractivity contribution in [2.24, 2.45) is 0 Å². The molecule has 0 spiro atoms. The van der Waals surface area contributed by atoms with E-state index in [-0.39, 0.29) is 5.91 Å². The molecule has 0 unspecified atom stereocenters. The third-order valence-electron chi connectivity index (χ3n) is 5.18. The van der Waals surface area contributed by atoms with E-state index in [9.17, 15) is 4.79 Å². The first-order valence-corrected chi connectivity index (χ1v) is 11.9. The quantitative estimate of drug-likeness (QED) is 0.455. The van der Waals surface area contributed by atoms with Crippen molar-refractivity contribution in [3.63, 3.8) is 0 Å². The molecule has 1 fully saturated rings. The number of aryl methyl sites for hydroxylation is 2. The lowest BCUT2D eigenvalue weighted by atomic mass is 10.1. The Morgan fingerprint density at radius 2 is 2.00 bits per heavy atom. The predicted molar refractivity (Wildman–Crippen MR) is 128 cm³/mol. The summed E-state index contributed by atoms with van der Waals surface area (Å²) in [5.41, 5.74) is 4.71. The van der Waals surface area contributed by atoms with Gasteiger partial charge >= 0.3 is 0 Å². The molecule has 1 aliphatic heterocycles. The smallest absolute Gasteiger partial charge is 0.272 e. The van der Waals surface area contributed by atoms with Crippen LogP contribution in [0.5, 0.6) is 0 Å². The molecular weight excluding hydrogens is 495 g/mol. The van der Waals surface area contributed by atoms with Crippen molar-refractivity contribution < 1.29 is 4.79 Å². The van der Waals surface area contributed by atoms with Gasteiger partial charge in [0, 0.05) is 33.9 Å². The number of carbonyl (C=O) groups is 1. The van der Waals surface area contributed by atoms with Crippen molar-refractivity contribution in [2.45, 2.75) is 39.7 Å². The summed E-state index contributed by atoms with van der Waals surface area (Å²) in [6, 6.07) is 7.91. The Morgan fingerprint density at radius 3 is 2.76 bits per heavy atom. The van der Waals surface area contributed by atoms with Crippen LogP contribution in [0.2, 0.25) is 0 Å². The molecular formula is C22H25IN4OS. The number of benzene rings is 1. The summed E-state index contributed by atoms with van der Waals surface area (Å²) in [7, 11) is 0. The maximum absolute atomic E-state index is 12.9. The molecule has 1 N–H and O–H groups in total. The molecule has 3 heterocycles. The number of halogens is 1. The molecule has 2 aromatic heterocycles. The number of hydrogen-bond donors (Lipinski definition) is 1. The van der Waals surface area contributed by atoms with Gasteiger partial charge in [-0.15, -0.1) is 11.3 Å². The maximum atomic E-state index is 12.9. The van der Waals surface area contributed by atoms with Gasteiger partial charge in [-0.25, -0.2) is 4.98 Å². The Kier molecular flexibility index (Phi) is 6.24. The summed E-state index contributed by atoms with van der Waals surface area (Å²) < 4.78 is 3.19. The van der Waals surface area contributed by atoms with E-state index >= 15 is 0 Å². The summed E-state index contributed by atoms with van der Waals surface area (Å²) in [6.07, 6.45) is 5.83. The molecule has 0 atom stereocenters. The van der Waals surface area contributed by atoms with Crippen LogP contribution < -0.4 is 10.2 Å². The van der Waals surface area contributed by atoms with Gasteiger partial charge in [0.05, 0.1) is 12.2 Å². The third kappa shape index (κ3) is 4.83. The van der Waals surface area contributed by atoms with Crippen LogP contribution in [0.15, 0.2) is 35.8 Å². The number of carbonyl (C=O) groups excluding carboxylic acids is 1. The Bertz CT molecular complexity index is 1020. The van der Waals surface area contributed by atoms with Crippen molar-refractivity contribution >= 4 is 50.7 Å². The highest BCUT2D eigenvalue weighted by Gasteiger charge is 2.17. The largest absolute Gasteiger partial charge is 0.348 e. The van der Waals surface area contributed by atoms with E-state index < -0.39 is 0 Å². The van der Waals surface area contributed by atoms with E-state index in [4.69, 9.17) is 4.98 Å². The monoisotopic (exact) mass is 520 g/mol. The fourth-order valence-electron chi connectivity index (χ4n) is 3.67. The Balaban J connectivity index is 1.50. The fourth-order valence-corrected chi connectivity index (χ4v) is 4.88. The van der Waals surface area contributed by atoms with Gasteiger partial charge in [0.1, 0.15) is 5.69 Å². The average molecular weight is 520 g/mol. The van der Waals surface area contributed by atoms with Gasteiger partial charge in [-0.1, -0.05) is 0 Å². The molecule has 1 saturated heterocycles. The highest BCUT2D eigenvalue weighted by Crippen LogP contribution is 2.25. The van der Waals surface area contributed by atoms with Gasteiger partial charge in [0.2, 0.25) is 0 Å². The van der Waals surface area contributed by atoms with Gasteiger partial charge in [-0.05, 0) is 91.1 Å². The van der Waals surface area contributed by atoms with E-state index in [1.165, 1.54) is 22.8 Å². The van der Waals surface area contributed by atoms with Crippen LogP contribution >= 0.6 is 33.9 Å². The predicted octanol–water partition coefficient (Wildman–Crippen LogP) is 5.46. The second-order valence-corrected chi connectivity index (χ2v) is 9.62. The minimum absolute atomic E-state index is 0.0924. The molecule has 7 heteroatoms. The molecule has 29 heavy (non-hydrogen) atoms. The van der Waals surface area contributed by atoms with Crippen LogP contribution in [0.1, 0.15) is 46.6 Å². The summed E-state index contributed by atoms with van der Waals surface area (Å²) in [5.74, 6) is -0.0924.